The lowest BCUT2D eigenvalue weighted by molar-refractivity contribution is -0.177. The molecule has 7 unspecified atom stereocenters. The lowest BCUT2D eigenvalue weighted by atomic mass is 9.75. The number of esters is 3. The molecule has 0 spiro atoms. The molecule has 2 aliphatic carbocycles. The monoisotopic (exact) mass is 446 g/mol. The Hall–Kier alpha value is -2.41. The fraction of sp³-hybridized carbons (Fsp3) is 0.640. The average Bonchev–Trinajstić information content (AvgIpc) is 3.14. The van der Waals surface area contributed by atoms with E-state index in [0.717, 1.165) is 11.1 Å². The molecule has 176 valence electrons. The van der Waals surface area contributed by atoms with Gasteiger partial charge in [-0.15, -0.1) is 0 Å². The quantitative estimate of drug-likeness (QED) is 0.306. The number of hydrogen-bond donors (Lipinski definition) is 1. The Morgan fingerprint density at radius 1 is 1.25 bits per heavy atom. The minimum Gasteiger partial charge on any atom is -0.458 e. The van der Waals surface area contributed by atoms with Crippen molar-refractivity contribution in [2.24, 2.45) is 17.8 Å². The molecule has 0 bridgehead atoms. The highest BCUT2D eigenvalue weighted by Crippen LogP contribution is 2.54. The highest BCUT2D eigenvalue weighted by molar-refractivity contribution is 5.90. The van der Waals surface area contributed by atoms with Crippen LogP contribution in [0.3, 0.4) is 0 Å². The van der Waals surface area contributed by atoms with Crippen LogP contribution in [0.1, 0.15) is 61.3 Å². The van der Waals surface area contributed by atoms with Gasteiger partial charge in [0, 0.05) is 29.9 Å². The Kier molecular flexibility index (Phi) is 6.44. The smallest absolute Gasteiger partial charge is 0.351 e. The van der Waals surface area contributed by atoms with E-state index in [4.69, 9.17) is 14.2 Å². The highest BCUT2D eigenvalue weighted by Gasteiger charge is 2.67. The maximum Gasteiger partial charge on any atom is 0.351 e. The summed E-state index contributed by atoms with van der Waals surface area (Å²) >= 11 is 0. The van der Waals surface area contributed by atoms with E-state index in [9.17, 15) is 19.5 Å². The molecular weight excluding hydrogens is 412 g/mol. The van der Waals surface area contributed by atoms with Gasteiger partial charge in [-0.2, -0.15) is 0 Å². The molecular formula is C25H34O7. The first-order valence-corrected chi connectivity index (χ1v) is 11.1. The number of ether oxygens (including phenoxy) is 3. The van der Waals surface area contributed by atoms with Crippen molar-refractivity contribution >= 4 is 17.9 Å². The lowest BCUT2D eigenvalue weighted by Gasteiger charge is -2.35. The summed E-state index contributed by atoms with van der Waals surface area (Å²) in [5.74, 6) is -3.08. The van der Waals surface area contributed by atoms with Crippen LogP contribution in [-0.2, 0) is 28.6 Å². The van der Waals surface area contributed by atoms with Crippen LogP contribution < -0.4 is 0 Å². The van der Waals surface area contributed by atoms with Crippen molar-refractivity contribution in [3.05, 3.63) is 34.9 Å². The largest absolute Gasteiger partial charge is 0.458 e. The summed E-state index contributed by atoms with van der Waals surface area (Å²) in [7, 11) is 0. The van der Waals surface area contributed by atoms with E-state index in [1.54, 1.807) is 40.7 Å². The second-order valence-electron chi connectivity index (χ2n) is 9.94. The van der Waals surface area contributed by atoms with Crippen LogP contribution in [-0.4, -0.2) is 46.4 Å². The second-order valence-corrected chi connectivity index (χ2v) is 9.94. The molecule has 0 radical (unpaired) electrons. The van der Waals surface area contributed by atoms with Crippen LogP contribution >= 0.6 is 0 Å². The first-order valence-electron chi connectivity index (χ1n) is 11.1. The molecule has 3 aliphatic rings. The van der Waals surface area contributed by atoms with Crippen molar-refractivity contribution in [2.45, 2.75) is 84.7 Å². The minimum atomic E-state index is -1.66. The van der Waals surface area contributed by atoms with E-state index >= 15 is 0 Å². The van der Waals surface area contributed by atoms with E-state index in [2.05, 4.69) is 6.08 Å². The van der Waals surface area contributed by atoms with Crippen molar-refractivity contribution in [3.63, 3.8) is 0 Å². The van der Waals surface area contributed by atoms with Crippen LogP contribution in [0.15, 0.2) is 34.9 Å². The summed E-state index contributed by atoms with van der Waals surface area (Å²) < 4.78 is 17.4. The molecule has 7 heteroatoms. The van der Waals surface area contributed by atoms with E-state index in [1.807, 2.05) is 6.92 Å². The number of fused-ring (bicyclic) bond motifs is 3. The fourth-order valence-corrected chi connectivity index (χ4v) is 5.40. The predicted molar refractivity (Wildman–Crippen MR) is 117 cm³/mol. The minimum absolute atomic E-state index is 0.103. The summed E-state index contributed by atoms with van der Waals surface area (Å²) in [6.45, 7) is 12.1. The molecule has 2 fully saturated rings. The van der Waals surface area contributed by atoms with Gasteiger partial charge in [-0.1, -0.05) is 23.3 Å². The van der Waals surface area contributed by atoms with Crippen LogP contribution in [0.25, 0.3) is 0 Å². The SMILES string of the molecule is CC=C(C)C(=O)OC1CC(C)(O)C2CC=C(C)C2C2OC(=O)C(C)(OC(=O)C=C(C)C)C12. The number of aliphatic hydroxyl groups is 1. The normalized spacial score (nSPS) is 38.6. The van der Waals surface area contributed by atoms with Crippen LogP contribution in [0.5, 0.6) is 0 Å². The number of hydrogen-bond acceptors (Lipinski definition) is 7. The highest BCUT2D eigenvalue weighted by atomic mass is 16.6. The van der Waals surface area contributed by atoms with Gasteiger partial charge in [-0.25, -0.2) is 14.4 Å². The molecule has 0 amide bonds. The van der Waals surface area contributed by atoms with Crippen molar-refractivity contribution < 1.29 is 33.7 Å². The van der Waals surface area contributed by atoms with Crippen LogP contribution in [0.2, 0.25) is 0 Å². The first-order chi connectivity index (χ1) is 14.8. The van der Waals surface area contributed by atoms with Gasteiger partial charge in [0.15, 0.2) is 0 Å². The maximum atomic E-state index is 13.1. The van der Waals surface area contributed by atoms with E-state index in [1.165, 1.54) is 13.0 Å². The van der Waals surface area contributed by atoms with Crippen molar-refractivity contribution in [2.75, 3.05) is 0 Å². The first kappa shape index (κ1) is 24.2. The van der Waals surface area contributed by atoms with Gasteiger partial charge in [0.2, 0.25) is 5.60 Å². The van der Waals surface area contributed by atoms with Gasteiger partial charge in [-0.3, -0.25) is 0 Å². The molecule has 0 aromatic heterocycles. The standard InChI is InChI=1S/C25H34O7/c1-8-14(4)22(27)30-17-12-24(6,29)16-10-9-15(5)19(16)21-20(17)25(7,23(28)31-21)32-18(26)11-13(2)3/h8-9,11,16-17,19-21,29H,10,12H2,1-7H3. The molecule has 3 rings (SSSR count). The van der Waals surface area contributed by atoms with Crippen molar-refractivity contribution in [1.29, 1.82) is 0 Å². The van der Waals surface area contributed by atoms with Gasteiger partial charge in [0.05, 0.1) is 11.5 Å². The Morgan fingerprint density at radius 3 is 2.50 bits per heavy atom. The van der Waals surface area contributed by atoms with Gasteiger partial charge in [-0.05, 0) is 54.9 Å². The summed E-state index contributed by atoms with van der Waals surface area (Å²) in [4.78, 5) is 38.4. The summed E-state index contributed by atoms with van der Waals surface area (Å²) in [6, 6.07) is 0. The topological polar surface area (TPSA) is 99.1 Å². The molecule has 1 saturated carbocycles. The third-order valence-electron chi connectivity index (χ3n) is 7.19. The van der Waals surface area contributed by atoms with Crippen LogP contribution in [0, 0.1) is 17.8 Å². The van der Waals surface area contributed by atoms with E-state index in [0.29, 0.717) is 12.0 Å². The van der Waals surface area contributed by atoms with E-state index < -0.39 is 47.2 Å². The molecule has 1 N–H and O–H groups in total. The predicted octanol–water partition coefficient (Wildman–Crippen LogP) is 3.41. The van der Waals surface area contributed by atoms with Crippen LogP contribution in [0.4, 0.5) is 0 Å². The second kappa shape index (κ2) is 8.50. The van der Waals surface area contributed by atoms with Crippen molar-refractivity contribution in [3.8, 4) is 0 Å². The molecule has 7 atom stereocenters. The molecule has 1 heterocycles. The zero-order valence-electron chi connectivity index (χ0n) is 19.9. The number of carbonyl (C=O) groups is 3. The molecule has 0 aromatic carbocycles. The average molecular weight is 447 g/mol. The molecule has 1 saturated heterocycles. The van der Waals surface area contributed by atoms with Gasteiger partial charge >= 0.3 is 17.9 Å². The van der Waals surface area contributed by atoms with Gasteiger partial charge < -0.3 is 19.3 Å². The fourth-order valence-electron chi connectivity index (χ4n) is 5.40. The number of rotatable bonds is 4. The Balaban J connectivity index is 2.10. The molecule has 0 aromatic rings. The van der Waals surface area contributed by atoms with Crippen molar-refractivity contribution in [1.82, 2.24) is 0 Å². The third kappa shape index (κ3) is 4.15. The van der Waals surface area contributed by atoms with Gasteiger partial charge in [0.1, 0.15) is 12.2 Å². The summed E-state index contributed by atoms with van der Waals surface area (Å²) in [5, 5.41) is 11.4. The Morgan fingerprint density at radius 2 is 1.91 bits per heavy atom. The number of carbonyl (C=O) groups excluding carboxylic acids is 3. The number of allylic oxidation sites excluding steroid dienone is 3. The Bertz CT molecular complexity index is 905. The van der Waals surface area contributed by atoms with E-state index in [-0.39, 0.29) is 18.3 Å². The zero-order chi connectivity index (χ0) is 24.0. The van der Waals surface area contributed by atoms with Gasteiger partial charge in [0.25, 0.3) is 0 Å². The lowest BCUT2D eigenvalue weighted by Crippen LogP contribution is -2.50. The molecule has 1 aliphatic heterocycles. The third-order valence-corrected chi connectivity index (χ3v) is 7.19. The zero-order valence-corrected chi connectivity index (χ0v) is 19.9. The molecule has 32 heavy (non-hydrogen) atoms. The summed E-state index contributed by atoms with van der Waals surface area (Å²) in [6.07, 6.45) is 4.17. The summed E-state index contributed by atoms with van der Waals surface area (Å²) in [5.41, 5.74) is -0.678. The molecule has 7 nitrogen and oxygen atoms in total. The Labute approximate surface area is 189 Å². The maximum absolute atomic E-state index is 13.1.